The van der Waals surface area contributed by atoms with Crippen LogP contribution < -0.4 is 0 Å². The molecule has 0 aliphatic rings. The summed E-state index contributed by atoms with van der Waals surface area (Å²) in [6.07, 6.45) is 1.51. The van der Waals surface area contributed by atoms with E-state index in [4.69, 9.17) is 8.85 Å². The maximum Gasteiger partial charge on any atom is 0.364 e. The molecule has 0 bridgehead atoms. The maximum atomic E-state index is 5.94. The zero-order chi connectivity index (χ0) is 11.2. The van der Waals surface area contributed by atoms with Gasteiger partial charge in [0.1, 0.15) is 0 Å². The van der Waals surface area contributed by atoms with Crippen molar-refractivity contribution < 1.29 is 8.85 Å². The van der Waals surface area contributed by atoms with Gasteiger partial charge in [-0.25, -0.2) is 0 Å². The highest BCUT2D eigenvalue weighted by Gasteiger charge is 2.35. The van der Waals surface area contributed by atoms with Gasteiger partial charge in [0.15, 0.2) is 0 Å². The minimum atomic E-state index is -2.13. The van der Waals surface area contributed by atoms with E-state index in [2.05, 4.69) is 13.5 Å². The molecule has 0 aromatic heterocycles. The van der Waals surface area contributed by atoms with Crippen LogP contribution in [0.3, 0.4) is 0 Å². The van der Waals surface area contributed by atoms with Gasteiger partial charge in [-0.3, -0.25) is 0 Å². The lowest BCUT2D eigenvalue weighted by Crippen LogP contribution is -2.44. The zero-order valence-electron chi connectivity index (χ0n) is 10.2. The average molecular weight is 216 g/mol. The lowest BCUT2D eigenvalue weighted by atomic mass is 10.5. The van der Waals surface area contributed by atoms with Crippen molar-refractivity contribution in [3.8, 4) is 0 Å². The summed E-state index contributed by atoms with van der Waals surface area (Å²) < 4.78 is 11.9. The molecule has 0 unspecified atom stereocenters. The molecule has 0 aromatic carbocycles. The van der Waals surface area contributed by atoms with Crippen molar-refractivity contribution >= 4 is 8.56 Å². The predicted molar refractivity (Wildman–Crippen MR) is 63.5 cm³/mol. The summed E-state index contributed by atoms with van der Waals surface area (Å²) in [4.78, 5) is 0. The van der Waals surface area contributed by atoms with Crippen molar-refractivity contribution in [2.75, 3.05) is 0 Å². The van der Waals surface area contributed by atoms with Gasteiger partial charge >= 0.3 is 8.56 Å². The maximum absolute atomic E-state index is 5.94. The van der Waals surface area contributed by atoms with Crippen LogP contribution in [0.1, 0.15) is 41.0 Å². The quantitative estimate of drug-likeness (QED) is 0.607. The molecule has 0 saturated heterocycles. The van der Waals surface area contributed by atoms with Crippen LogP contribution in [-0.2, 0) is 8.85 Å². The van der Waals surface area contributed by atoms with Gasteiger partial charge in [0, 0.05) is 12.2 Å². The fourth-order valence-corrected chi connectivity index (χ4v) is 4.47. The number of hydrogen-bond donors (Lipinski definition) is 0. The Hall–Kier alpha value is -0.123. The van der Waals surface area contributed by atoms with E-state index in [-0.39, 0.29) is 12.2 Å². The Bertz CT molecular complexity index is 157. The van der Waals surface area contributed by atoms with E-state index < -0.39 is 8.56 Å². The van der Waals surface area contributed by atoms with E-state index in [1.54, 1.807) is 0 Å². The van der Waals surface area contributed by atoms with Crippen LogP contribution in [0.5, 0.6) is 0 Å². The Morgan fingerprint density at radius 3 is 1.79 bits per heavy atom. The van der Waals surface area contributed by atoms with Crippen LogP contribution in [0.4, 0.5) is 0 Å². The minimum absolute atomic E-state index is 0.213. The molecule has 0 aliphatic heterocycles. The van der Waals surface area contributed by atoms with Crippen LogP contribution in [-0.4, -0.2) is 20.8 Å². The summed E-state index contributed by atoms with van der Waals surface area (Å²) in [5, 5.41) is 0. The monoisotopic (exact) mass is 216 g/mol. The summed E-state index contributed by atoms with van der Waals surface area (Å²) in [5.41, 5.74) is 1.91. The van der Waals surface area contributed by atoms with Gasteiger partial charge < -0.3 is 8.85 Å². The summed E-state index contributed by atoms with van der Waals surface area (Å²) in [7, 11) is -2.13. The topological polar surface area (TPSA) is 18.5 Å². The van der Waals surface area contributed by atoms with Gasteiger partial charge in [0.25, 0.3) is 0 Å². The molecule has 0 aromatic rings. The third-order valence-electron chi connectivity index (χ3n) is 1.78. The molecule has 84 valence electrons. The molecular formula is C11H24O2Si. The molecule has 0 spiro atoms. The lowest BCUT2D eigenvalue weighted by Gasteiger charge is -2.31. The Morgan fingerprint density at radius 1 is 1.14 bits per heavy atom. The van der Waals surface area contributed by atoms with Crippen LogP contribution in [0.25, 0.3) is 0 Å². The summed E-state index contributed by atoms with van der Waals surface area (Å²) in [5.74, 6) is 0. The van der Waals surface area contributed by atoms with Crippen LogP contribution >= 0.6 is 0 Å². The molecule has 0 radical (unpaired) electrons. The molecule has 0 amide bonds. The predicted octanol–water partition coefficient (Wildman–Crippen LogP) is 3.41. The van der Waals surface area contributed by atoms with Crippen LogP contribution in [0.15, 0.2) is 12.3 Å². The highest BCUT2D eigenvalue weighted by Crippen LogP contribution is 2.20. The summed E-state index contributed by atoms with van der Waals surface area (Å²) in [6, 6.07) is 0.993. The standard InChI is InChI=1S/C11H24O2Si/c1-7-9-14(8-2,12-10(3)4)13-11(5)6/h8,10-11H,2,7,9H2,1,3-6H3. The van der Waals surface area contributed by atoms with Crippen LogP contribution in [0, 0.1) is 0 Å². The van der Waals surface area contributed by atoms with Crippen molar-refractivity contribution in [3.05, 3.63) is 12.3 Å². The minimum Gasteiger partial charge on any atom is -0.389 e. The van der Waals surface area contributed by atoms with Crippen molar-refractivity contribution in [1.82, 2.24) is 0 Å². The van der Waals surface area contributed by atoms with Gasteiger partial charge in [-0.05, 0) is 39.4 Å². The first-order valence-corrected chi connectivity index (χ1v) is 7.55. The van der Waals surface area contributed by atoms with Gasteiger partial charge in [-0.2, -0.15) is 0 Å². The highest BCUT2D eigenvalue weighted by atomic mass is 28.4. The van der Waals surface area contributed by atoms with Gasteiger partial charge in [-0.15, -0.1) is 6.58 Å². The Labute approximate surface area is 89.6 Å². The molecule has 0 heterocycles. The van der Waals surface area contributed by atoms with Crippen molar-refractivity contribution in [2.24, 2.45) is 0 Å². The molecule has 0 rings (SSSR count). The summed E-state index contributed by atoms with van der Waals surface area (Å²) >= 11 is 0. The first-order chi connectivity index (χ1) is 6.45. The largest absolute Gasteiger partial charge is 0.389 e. The molecule has 0 N–H and O–H groups in total. The van der Waals surface area contributed by atoms with E-state index in [9.17, 15) is 0 Å². The Morgan fingerprint density at radius 2 is 1.57 bits per heavy atom. The van der Waals surface area contributed by atoms with E-state index in [0.29, 0.717) is 0 Å². The molecule has 3 heteroatoms. The normalized spacial score (nSPS) is 12.5. The van der Waals surface area contributed by atoms with Crippen LogP contribution in [0.2, 0.25) is 6.04 Å². The Kier molecular flexibility index (Phi) is 6.32. The molecular weight excluding hydrogens is 192 g/mol. The highest BCUT2D eigenvalue weighted by molar-refractivity contribution is 6.72. The van der Waals surface area contributed by atoms with E-state index in [1.165, 1.54) is 0 Å². The average Bonchev–Trinajstić information content (AvgIpc) is 2.02. The van der Waals surface area contributed by atoms with E-state index in [1.807, 2.05) is 33.4 Å². The summed E-state index contributed by atoms with van der Waals surface area (Å²) in [6.45, 7) is 14.2. The molecule has 0 fully saturated rings. The van der Waals surface area contributed by atoms with Gasteiger partial charge in [0.05, 0.1) is 0 Å². The third-order valence-corrected chi connectivity index (χ3v) is 5.34. The second-order valence-electron chi connectivity index (χ2n) is 4.10. The fraction of sp³-hybridized carbons (Fsp3) is 0.818. The second-order valence-corrected chi connectivity index (χ2v) is 7.10. The second kappa shape index (κ2) is 6.38. The lowest BCUT2D eigenvalue weighted by molar-refractivity contribution is 0.113. The zero-order valence-corrected chi connectivity index (χ0v) is 11.2. The van der Waals surface area contributed by atoms with E-state index in [0.717, 1.165) is 12.5 Å². The van der Waals surface area contributed by atoms with Crippen molar-refractivity contribution in [2.45, 2.75) is 59.3 Å². The fourth-order valence-electron chi connectivity index (χ4n) is 1.49. The van der Waals surface area contributed by atoms with Gasteiger partial charge in [0.2, 0.25) is 0 Å². The molecule has 2 nitrogen and oxygen atoms in total. The van der Waals surface area contributed by atoms with Crippen molar-refractivity contribution in [1.29, 1.82) is 0 Å². The SMILES string of the molecule is C=C[Si](CCC)(OC(C)C)OC(C)C. The molecule has 14 heavy (non-hydrogen) atoms. The molecule has 0 saturated carbocycles. The molecule has 0 aliphatic carbocycles. The van der Waals surface area contributed by atoms with Gasteiger partial charge in [-0.1, -0.05) is 13.3 Å². The van der Waals surface area contributed by atoms with E-state index >= 15 is 0 Å². The number of rotatable bonds is 7. The first kappa shape index (κ1) is 13.9. The first-order valence-electron chi connectivity index (χ1n) is 5.45. The smallest absolute Gasteiger partial charge is 0.364 e. The van der Waals surface area contributed by atoms with Crippen molar-refractivity contribution in [3.63, 3.8) is 0 Å². The Balaban J connectivity index is 4.50. The third kappa shape index (κ3) is 4.93. The number of hydrogen-bond acceptors (Lipinski definition) is 2. The molecule has 0 atom stereocenters.